The second-order valence-corrected chi connectivity index (χ2v) is 4.46. The second-order valence-electron chi connectivity index (χ2n) is 4.46. The van der Waals surface area contributed by atoms with E-state index in [1.54, 1.807) is 0 Å². The summed E-state index contributed by atoms with van der Waals surface area (Å²) >= 11 is 0. The first-order chi connectivity index (χ1) is 8.25. The molecule has 0 unspecified atom stereocenters. The minimum absolute atomic E-state index is 0.300. The first-order valence-corrected chi connectivity index (χ1v) is 5.99. The summed E-state index contributed by atoms with van der Waals surface area (Å²) in [6, 6.07) is 5.64. The van der Waals surface area contributed by atoms with E-state index >= 15 is 0 Å². The normalized spacial score (nSPS) is 13.1. The van der Waals surface area contributed by atoms with Crippen LogP contribution in [-0.4, -0.2) is 26.5 Å². The van der Waals surface area contributed by atoms with Gasteiger partial charge in [-0.25, -0.2) is 0 Å². The Kier molecular flexibility index (Phi) is 4.09. The van der Waals surface area contributed by atoms with Crippen LogP contribution in [0, 0.1) is 5.92 Å². The molecule has 0 spiro atoms. The Bertz CT molecular complexity index is 366. The zero-order valence-electron chi connectivity index (χ0n) is 10.4. The van der Waals surface area contributed by atoms with Crippen molar-refractivity contribution in [3.63, 3.8) is 0 Å². The average molecular weight is 237 g/mol. The topological polar surface area (TPSA) is 39.7 Å². The molecule has 1 aromatic rings. The first-order valence-electron chi connectivity index (χ1n) is 5.99. The SMILES string of the molecule is CC(C)CNCCOc1ccc2c(c1)OCO2. The second kappa shape index (κ2) is 5.77. The lowest BCUT2D eigenvalue weighted by Crippen LogP contribution is -2.24. The highest BCUT2D eigenvalue weighted by Crippen LogP contribution is 2.34. The molecular formula is C13H19NO3. The van der Waals surface area contributed by atoms with Gasteiger partial charge in [0.25, 0.3) is 0 Å². The van der Waals surface area contributed by atoms with Crippen molar-refractivity contribution in [3.8, 4) is 17.2 Å². The fourth-order valence-corrected chi connectivity index (χ4v) is 1.60. The van der Waals surface area contributed by atoms with Gasteiger partial charge in [-0.2, -0.15) is 0 Å². The fourth-order valence-electron chi connectivity index (χ4n) is 1.60. The van der Waals surface area contributed by atoms with Crippen LogP contribution in [0.1, 0.15) is 13.8 Å². The molecule has 0 bridgehead atoms. The lowest BCUT2D eigenvalue weighted by molar-refractivity contribution is 0.173. The van der Waals surface area contributed by atoms with Gasteiger partial charge in [0.2, 0.25) is 6.79 Å². The molecule has 4 nitrogen and oxygen atoms in total. The summed E-state index contributed by atoms with van der Waals surface area (Å²) < 4.78 is 16.1. The third kappa shape index (κ3) is 3.53. The molecule has 1 aliphatic rings. The van der Waals surface area contributed by atoms with Gasteiger partial charge in [-0.15, -0.1) is 0 Å². The number of hydrogen-bond donors (Lipinski definition) is 1. The zero-order chi connectivity index (χ0) is 12.1. The van der Waals surface area contributed by atoms with Gasteiger partial charge in [-0.1, -0.05) is 13.8 Å². The van der Waals surface area contributed by atoms with E-state index in [-0.39, 0.29) is 0 Å². The standard InChI is InChI=1S/C13H19NO3/c1-10(2)8-14-5-6-15-11-3-4-12-13(7-11)17-9-16-12/h3-4,7,10,14H,5-6,8-9H2,1-2H3. The quantitative estimate of drug-likeness (QED) is 0.769. The van der Waals surface area contributed by atoms with Crippen LogP contribution in [0.25, 0.3) is 0 Å². The van der Waals surface area contributed by atoms with Gasteiger partial charge in [0, 0.05) is 12.6 Å². The van der Waals surface area contributed by atoms with E-state index in [2.05, 4.69) is 19.2 Å². The predicted molar refractivity (Wildman–Crippen MR) is 65.8 cm³/mol. The Morgan fingerprint density at radius 2 is 2.12 bits per heavy atom. The molecule has 0 radical (unpaired) electrons. The summed E-state index contributed by atoms with van der Waals surface area (Å²) in [6.07, 6.45) is 0. The molecule has 17 heavy (non-hydrogen) atoms. The molecule has 0 saturated carbocycles. The molecule has 0 fully saturated rings. The molecule has 1 aromatic carbocycles. The molecule has 0 atom stereocenters. The molecule has 94 valence electrons. The number of ether oxygens (including phenoxy) is 3. The van der Waals surface area contributed by atoms with Crippen molar-refractivity contribution in [1.29, 1.82) is 0 Å². The minimum Gasteiger partial charge on any atom is -0.492 e. The van der Waals surface area contributed by atoms with E-state index in [4.69, 9.17) is 14.2 Å². The molecule has 0 amide bonds. The van der Waals surface area contributed by atoms with Gasteiger partial charge in [0.1, 0.15) is 12.4 Å². The minimum atomic E-state index is 0.300. The monoisotopic (exact) mass is 237 g/mol. The van der Waals surface area contributed by atoms with Gasteiger partial charge >= 0.3 is 0 Å². The van der Waals surface area contributed by atoms with Crippen LogP contribution in [0.15, 0.2) is 18.2 Å². The summed E-state index contributed by atoms with van der Waals surface area (Å²) in [7, 11) is 0. The molecule has 1 N–H and O–H groups in total. The predicted octanol–water partition coefficient (Wildman–Crippen LogP) is 2.04. The number of nitrogens with one attached hydrogen (secondary N) is 1. The van der Waals surface area contributed by atoms with Crippen LogP contribution >= 0.6 is 0 Å². The molecule has 0 aromatic heterocycles. The summed E-state index contributed by atoms with van der Waals surface area (Å²) in [5, 5.41) is 3.33. The van der Waals surface area contributed by atoms with Crippen molar-refractivity contribution in [2.75, 3.05) is 26.5 Å². The van der Waals surface area contributed by atoms with Crippen molar-refractivity contribution in [2.45, 2.75) is 13.8 Å². The van der Waals surface area contributed by atoms with E-state index in [0.717, 1.165) is 30.3 Å². The molecule has 2 rings (SSSR count). The fraction of sp³-hybridized carbons (Fsp3) is 0.538. The van der Waals surface area contributed by atoms with E-state index in [1.165, 1.54) is 0 Å². The molecule has 1 heterocycles. The molecule has 0 aliphatic carbocycles. The maximum Gasteiger partial charge on any atom is 0.231 e. The number of fused-ring (bicyclic) bond motifs is 1. The molecule has 1 aliphatic heterocycles. The van der Waals surface area contributed by atoms with Crippen molar-refractivity contribution in [1.82, 2.24) is 5.32 Å². The van der Waals surface area contributed by atoms with E-state index in [1.807, 2.05) is 18.2 Å². The lowest BCUT2D eigenvalue weighted by Gasteiger charge is -2.09. The van der Waals surface area contributed by atoms with Gasteiger partial charge in [0.15, 0.2) is 11.5 Å². The van der Waals surface area contributed by atoms with Crippen LogP contribution in [-0.2, 0) is 0 Å². The van der Waals surface area contributed by atoms with Crippen LogP contribution in [0.3, 0.4) is 0 Å². The highest BCUT2D eigenvalue weighted by atomic mass is 16.7. The van der Waals surface area contributed by atoms with Crippen LogP contribution in [0.4, 0.5) is 0 Å². The van der Waals surface area contributed by atoms with Gasteiger partial charge in [-0.3, -0.25) is 0 Å². The molecule has 4 heteroatoms. The highest BCUT2D eigenvalue weighted by molar-refractivity contribution is 5.46. The van der Waals surface area contributed by atoms with Crippen LogP contribution < -0.4 is 19.5 Å². The Labute approximate surface area is 102 Å². The summed E-state index contributed by atoms with van der Waals surface area (Å²) in [5.74, 6) is 3.04. The Morgan fingerprint density at radius 1 is 1.29 bits per heavy atom. The van der Waals surface area contributed by atoms with Gasteiger partial charge in [-0.05, 0) is 24.6 Å². The van der Waals surface area contributed by atoms with Crippen LogP contribution in [0.5, 0.6) is 17.2 Å². The van der Waals surface area contributed by atoms with Crippen molar-refractivity contribution < 1.29 is 14.2 Å². The summed E-state index contributed by atoms with van der Waals surface area (Å²) in [5.41, 5.74) is 0. The van der Waals surface area contributed by atoms with Crippen molar-refractivity contribution in [2.24, 2.45) is 5.92 Å². The average Bonchev–Trinajstić information content (AvgIpc) is 2.75. The molecular weight excluding hydrogens is 218 g/mol. The number of rotatable bonds is 6. The smallest absolute Gasteiger partial charge is 0.231 e. The Balaban J connectivity index is 1.72. The number of benzene rings is 1. The maximum atomic E-state index is 5.62. The van der Waals surface area contributed by atoms with E-state index < -0.39 is 0 Å². The highest BCUT2D eigenvalue weighted by Gasteiger charge is 2.13. The zero-order valence-corrected chi connectivity index (χ0v) is 10.4. The van der Waals surface area contributed by atoms with Gasteiger partial charge < -0.3 is 19.5 Å². The lowest BCUT2D eigenvalue weighted by atomic mass is 10.2. The third-order valence-corrected chi connectivity index (χ3v) is 2.44. The van der Waals surface area contributed by atoms with Crippen molar-refractivity contribution in [3.05, 3.63) is 18.2 Å². The summed E-state index contributed by atoms with van der Waals surface area (Å²) in [4.78, 5) is 0. The molecule has 0 saturated heterocycles. The largest absolute Gasteiger partial charge is 0.492 e. The van der Waals surface area contributed by atoms with Gasteiger partial charge in [0.05, 0.1) is 0 Å². The van der Waals surface area contributed by atoms with E-state index in [0.29, 0.717) is 19.3 Å². The summed E-state index contributed by atoms with van der Waals surface area (Å²) in [6.45, 7) is 7.20. The van der Waals surface area contributed by atoms with Crippen molar-refractivity contribution >= 4 is 0 Å². The Morgan fingerprint density at radius 3 is 2.94 bits per heavy atom. The maximum absolute atomic E-state index is 5.62. The Hall–Kier alpha value is -1.42. The van der Waals surface area contributed by atoms with E-state index in [9.17, 15) is 0 Å². The van der Waals surface area contributed by atoms with Crippen LogP contribution in [0.2, 0.25) is 0 Å². The number of hydrogen-bond acceptors (Lipinski definition) is 4. The first kappa shape index (κ1) is 12.0. The third-order valence-electron chi connectivity index (χ3n) is 2.44.